The lowest BCUT2D eigenvalue weighted by atomic mass is 10.1. The number of esters is 1. The number of phenols is 1. The molecule has 0 spiro atoms. The molecule has 0 aliphatic rings. The van der Waals surface area contributed by atoms with Gasteiger partial charge in [-0.2, -0.15) is 0 Å². The Kier molecular flexibility index (Phi) is 4.72. The lowest BCUT2D eigenvalue weighted by Gasteiger charge is -2.09. The van der Waals surface area contributed by atoms with Crippen molar-refractivity contribution in [1.29, 1.82) is 0 Å². The van der Waals surface area contributed by atoms with Crippen LogP contribution in [-0.2, 0) is 22.6 Å². The van der Waals surface area contributed by atoms with Crippen LogP contribution >= 0.6 is 11.6 Å². The number of halogens is 2. The summed E-state index contributed by atoms with van der Waals surface area (Å²) in [5, 5.41) is 10.1. The first-order valence-electron chi connectivity index (χ1n) is 7.28. The van der Waals surface area contributed by atoms with Gasteiger partial charge in [-0.15, -0.1) is 0 Å². The third-order valence-electron chi connectivity index (χ3n) is 3.59. The molecule has 3 aromatic rings. The topological polar surface area (TPSA) is 76.7 Å². The molecule has 7 heteroatoms. The van der Waals surface area contributed by atoms with Gasteiger partial charge in [0.05, 0.1) is 6.42 Å². The normalized spacial score (nSPS) is 10.8. The van der Waals surface area contributed by atoms with Gasteiger partial charge < -0.3 is 14.3 Å². The number of carbonyl (C=O) groups is 1. The molecule has 2 aromatic carbocycles. The zero-order valence-corrected chi connectivity index (χ0v) is 13.5. The van der Waals surface area contributed by atoms with Crippen molar-refractivity contribution in [3.63, 3.8) is 0 Å². The van der Waals surface area contributed by atoms with Crippen molar-refractivity contribution in [2.45, 2.75) is 13.0 Å². The highest BCUT2D eigenvalue weighted by Gasteiger charge is 2.14. The Hall–Kier alpha value is -2.86. The van der Waals surface area contributed by atoms with Gasteiger partial charge in [-0.3, -0.25) is 4.79 Å². The van der Waals surface area contributed by atoms with Crippen LogP contribution in [0.25, 0.3) is 11.0 Å². The highest BCUT2D eigenvalue weighted by Crippen LogP contribution is 2.23. The van der Waals surface area contributed by atoms with Crippen molar-refractivity contribution < 1.29 is 23.4 Å². The van der Waals surface area contributed by atoms with Gasteiger partial charge in [0.2, 0.25) is 0 Å². The zero-order chi connectivity index (χ0) is 18.0. The van der Waals surface area contributed by atoms with Gasteiger partial charge in [-0.05, 0) is 24.3 Å². The molecule has 0 aliphatic carbocycles. The third-order valence-corrected chi connectivity index (χ3v) is 3.94. The van der Waals surface area contributed by atoms with Gasteiger partial charge in [-0.1, -0.05) is 17.7 Å². The van der Waals surface area contributed by atoms with Gasteiger partial charge in [0.1, 0.15) is 23.8 Å². The van der Waals surface area contributed by atoms with Gasteiger partial charge >= 0.3 is 11.6 Å². The number of benzene rings is 2. The predicted octanol–water partition coefficient (Wildman–Crippen LogP) is 3.58. The fourth-order valence-corrected chi connectivity index (χ4v) is 2.62. The maximum atomic E-state index is 13.7. The summed E-state index contributed by atoms with van der Waals surface area (Å²) in [5.74, 6) is -1.34. The summed E-state index contributed by atoms with van der Waals surface area (Å²) in [4.78, 5) is 23.6. The second kappa shape index (κ2) is 6.94. The Morgan fingerprint density at radius 2 is 2.04 bits per heavy atom. The van der Waals surface area contributed by atoms with Crippen LogP contribution in [0.15, 0.2) is 51.7 Å². The van der Waals surface area contributed by atoms with Gasteiger partial charge in [0, 0.05) is 33.7 Å². The third kappa shape index (κ3) is 3.80. The molecule has 1 aromatic heterocycles. The van der Waals surface area contributed by atoms with Crippen molar-refractivity contribution in [3.05, 3.63) is 74.9 Å². The Morgan fingerprint density at radius 3 is 2.80 bits per heavy atom. The van der Waals surface area contributed by atoms with E-state index in [0.29, 0.717) is 10.9 Å². The van der Waals surface area contributed by atoms with E-state index in [2.05, 4.69) is 0 Å². The number of fused-ring (bicyclic) bond motifs is 1. The van der Waals surface area contributed by atoms with Crippen LogP contribution in [-0.4, -0.2) is 11.1 Å². The standard InChI is InChI=1S/C18H12ClFO5/c19-14-2-1-3-15(20)13(14)8-17(22)24-9-10-6-18(23)25-16-7-11(21)4-5-12(10)16/h1-7,21H,8-9H2. The average Bonchev–Trinajstić information content (AvgIpc) is 2.55. The number of carbonyl (C=O) groups excluding carboxylic acids is 1. The molecule has 0 aliphatic heterocycles. The molecule has 25 heavy (non-hydrogen) atoms. The molecule has 128 valence electrons. The van der Waals surface area contributed by atoms with Crippen LogP contribution in [0.5, 0.6) is 5.75 Å². The number of phenolic OH excluding ortho intramolecular Hbond substituents is 1. The quantitative estimate of drug-likeness (QED) is 0.567. The Labute approximate surface area is 146 Å². The molecule has 0 fully saturated rings. The first-order valence-corrected chi connectivity index (χ1v) is 7.66. The minimum absolute atomic E-state index is 0.0523. The van der Waals surface area contributed by atoms with Gasteiger partial charge in [-0.25, -0.2) is 9.18 Å². The lowest BCUT2D eigenvalue weighted by Crippen LogP contribution is -2.11. The lowest BCUT2D eigenvalue weighted by molar-refractivity contribution is -0.144. The van der Waals surface area contributed by atoms with Crippen LogP contribution in [0.3, 0.4) is 0 Å². The Morgan fingerprint density at radius 1 is 1.24 bits per heavy atom. The van der Waals surface area contributed by atoms with E-state index in [1.807, 2.05) is 0 Å². The summed E-state index contributed by atoms with van der Waals surface area (Å²) in [6, 6.07) is 9.59. The molecule has 1 heterocycles. The van der Waals surface area contributed by atoms with E-state index in [-0.39, 0.29) is 34.9 Å². The Balaban J connectivity index is 1.79. The van der Waals surface area contributed by atoms with Gasteiger partial charge in [0.15, 0.2) is 0 Å². The van der Waals surface area contributed by atoms with Crippen molar-refractivity contribution in [2.24, 2.45) is 0 Å². The van der Waals surface area contributed by atoms with E-state index < -0.39 is 17.4 Å². The molecule has 5 nitrogen and oxygen atoms in total. The number of hydrogen-bond acceptors (Lipinski definition) is 5. The van der Waals surface area contributed by atoms with E-state index in [9.17, 15) is 19.1 Å². The van der Waals surface area contributed by atoms with Crippen LogP contribution < -0.4 is 5.63 Å². The minimum atomic E-state index is -0.688. The molecule has 0 atom stereocenters. The van der Waals surface area contributed by atoms with E-state index >= 15 is 0 Å². The summed E-state index contributed by atoms with van der Waals surface area (Å²) < 4.78 is 23.8. The predicted molar refractivity (Wildman–Crippen MR) is 89.1 cm³/mol. The first kappa shape index (κ1) is 17.0. The maximum absolute atomic E-state index is 13.7. The molecule has 0 amide bonds. The molecule has 3 rings (SSSR count). The molecule has 0 bridgehead atoms. The molecule has 0 saturated carbocycles. The van der Waals surface area contributed by atoms with E-state index in [4.69, 9.17) is 20.8 Å². The summed E-state index contributed by atoms with van der Waals surface area (Å²) >= 11 is 5.88. The van der Waals surface area contributed by atoms with Crippen molar-refractivity contribution >= 4 is 28.5 Å². The average molecular weight is 363 g/mol. The summed E-state index contributed by atoms with van der Waals surface area (Å²) in [7, 11) is 0. The van der Waals surface area contributed by atoms with E-state index in [0.717, 1.165) is 0 Å². The fraction of sp³-hybridized carbons (Fsp3) is 0.111. The van der Waals surface area contributed by atoms with Crippen LogP contribution in [0.1, 0.15) is 11.1 Å². The fourth-order valence-electron chi connectivity index (χ4n) is 2.39. The summed E-state index contributed by atoms with van der Waals surface area (Å²) in [5.41, 5.74) is 0.00717. The highest BCUT2D eigenvalue weighted by atomic mass is 35.5. The van der Waals surface area contributed by atoms with Crippen LogP contribution in [0.2, 0.25) is 5.02 Å². The molecule has 0 radical (unpaired) electrons. The molecule has 0 saturated heterocycles. The van der Waals surface area contributed by atoms with Crippen molar-refractivity contribution in [3.8, 4) is 5.75 Å². The molecular weight excluding hydrogens is 351 g/mol. The summed E-state index contributed by atoms with van der Waals surface area (Å²) in [6.45, 7) is -0.197. The smallest absolute Gasteiger partial charge is 0.336 e. The monoisotopic (exact) mass is 362 g/mol. The van der Waals surface area contributed by atoms with E-state index in [1.54, 1.807) is 6.07 Å². The molecule has 0 unspecified atom stereocenters. The van der Waals surface area contributed by atoms with Crippen molar-refractivity contribution in [2.75, 3.05) is 0 Å². The molecular formula is C18H12ClFO5. The number of hydrogen-bond donors (Lipinski definition) is 1. The number of aromatic hydroxyl groups is 1. The van der Waals surface area contributed by atoms with Crippen molar-refractivity contribution in [1.82, 2.24) is 0 Å². The van der Waals surface area contributed by atoms with Crippen LogP contribution in [0.4, 0.5) is 4.39 Å². The van der Waals surface area contributed by atoms with Crippen LogP contribution in [0, 0.1) is 5.82 Å². The Bertz CT molecular complexity index is 992. The van der Waals surface area contributed by atoms with E-state index in [1.165, 1.54) is 36.4 Å². The minimum Gasteiger partial charge on any atom is -0.508 e. The zero-order valence-electron chi connectivity index (χ0n) is 12.8. The molecule has 1 N–H and O–H groups in total. The first-order chi connectivity index (χ1) is 11.9. The number of ether oxygens (including phenoxy) is 1. The maximum Gasteiger partial charge on any atom is 0.336 e. The second-order valence-corrected chi connectivity index (χ2v) is 5.72. The highest BCUT2D eigenvalue weighted by molar-refractivity contribution is 6.31. The second-order valence-electron chi connectivity index (χ2n) is 5.31. The van der Waals surface area contributed by atoms with Gasteiger partial charge in [0.25, 0.3) is 0 Å². The SMILES string of the molecule is O=C(Cc1c(F)cccc1Cl)OCc1cc(=O)oc2cc(O)ccc12. The summed E-state index contributed by atoms with van der Waals surface area (Å²) in [6.07, 6.45) is -0.328. The largest absolute Gasteiger partial charge is 0.508 e. The number of rotatable bonds is 4.